The largest absolute Gasteiger partial charge is 0.484 e. The summed E-state index contributed by atoms with van der Waals surface area (Å²) in [5.41, 5.74) is 1.73. The van der Waals surface area contributed by atoms with Crippen molar-refractivity contribution in [3.63, 3.8) is 0 Å². The van der Waals surface area contributed by atoms with Crippen LogP contribution in [0.3, 0.4) is 0 Å². The lowest BCUT2D eigenvalue weighted by atomic mass is 10.1. The Bertz CT molecular complexity index is 929. The Morgan fingerprint density at radius 1 is 1.13 bits per heavy atom. The summed E-state index contributed by atoms with van der Waals surface area (Å²) < 4.78 is 5.75. The number of hydrogen-bond donors (Lipinski definition) is 1. The number of hydrogen-bond acceptors (Lipinski definition) is 3. The van der Waals surface area contributed by atoms with E-state index in [4.69, 9.17) is 27.9 Å². The third-order valence-corrected chi connectivity index (χ3v) is 6.39. The van der Waals surface area contributed by atoms with Gasteiger partial charge in [-0.25, -0.2) is 0 Å². The van der Waals surface area contributed by atoms with E-state index in [1.165, 1.54) is 4.90 Å². The number of amides is 2. The van der Waals surface area contributed by atoms with E-state index < -0.39 is 6.04 Å². The summed E-state index contributed by atoms with van der Waals surface area (Å²) in [4.78, 5) is 27.6. The Morgan fingerprint density at radius 2 is 1.84 bits per heavy atom. The van der Waals surface area contributed by atoms with Crippen molar-refractivity contribution in [2.24, 2.45) is 0 Å². The highest BCUT2D eigenvalue weighted by atomic mass is 35.5. The third kappa shape index (κ3) is 6.37. The first-order chi connectivity index (χ1) is 14.8. The molecule has 0 spiro atoms. The highest BCUT2D eigenvalue weighted by molar-refractivity contribution is 6.42. The maximum absolute atomic E-state index is 13.1. The summed E-state index contributed by atoms with van der Waals surface area (Å²) in [6, 6.07) is 12.3. The van der Waals surface area contributed by atoms with Crippen molar-refractivity contribution in [1.29, 1.82) is 0 Å². The minimum atomic E-state index is -0.650. The van der Waals surface area contributed by atoms with E-state index in [0.29, 0.717) is 15.8 Å². The first kappa shape index (κ1) is 23.4. The molecule has 1 fully saturated rings. The van der Waals surface area contributed by atoms with Crippen molar-refractivity contribution in [2.75, 3.05) is 6.61 Å². The molecule has 0 aromatic heterocycles. The predicted molar refractivity (Wildman–Crippen MR) is 124 cm³/mol. The fraction of sp³-hybridized carbons (Fsp3) is 0.417. The van der Waals surface area contributed by atoms with Gasteiger partial charge in [0.25, 0.3) is 5.91 Å². The van der Waals surface area contributed by atoms with Gasteiger partial charge in [0, 0.05) is 12.6 Å². The van der Waals surface area contributed by atoms with Gasteiger partial charge < -0.3 is 15.0 Å². The number of halogens is 2. The summed E-state index contributed by atoms with van der Waals surface area (Å²) >= 11 is 12.2. The second kappa shape index (κ2) is 10.9. The number of ether oxygens (including phenoxy) is 1. The van der Waals surface area contributed by atoms with Crippen LogP contribution in [0.25, 0.3) is 0 Å². The van der Waals surface area contributed by atoms with Gasteiger partial charge in [0.05, 0.1) is 10.0 Å². The topological polar surface area (TPSA) is 58.6 Å². The van der Waals surface area contributed by atoms with Crippen molar-refractivity contribution in [3.8, 4) is 5.75 Å². The number of rotatable bonds is 8. The average Bonchev–Trinajstić information content (AvgIpc) is 3.26. The van der Waals surface area contributed by atoms with Gasteiger partial charge in [0.1, 0.15) is 11.8 Å². The standard InChI is InChI=1S/C24H28Cl2N2O3/c1-16-7-3-6-10-22(16)31-15-23(29)28(14-18-11-12-20(25)21(26)13-18)17(2)24(30)27-19-8-4-5-9-19/h3,6-7,10-13,17,19H,4-5,8-9,14-15H2,1-2H3,(H,27,30)/t17-/m1/s1. The molecule has 7 heteroatoms. The molecule has 1 N–H and O–H groups in total. The van der Waals surface area contributed by atoms with E-state index in [2.05, 4.69) is 5.32 Å². The van der Waals surface area contributed by atoms with Crippen molar-refractivity contribution in [3.05, 3.63) is 63.6 Å². The zero-order chi connectivity index (χ0) is 22.4. The van der Waals surface area contributed by atoms with E-state index in [9.17, 15) is 9.59 Å². The van der Waals surface area contributed by atoms with Gasteiger partial charge in [-0.05, 0) is 56.0 Å². The van der Waals surface area contributed by atoms with Crippen LogP contribution in [-0.2, 0) is 16.1 Å². The van der Waals surface area contributed by atoms with Crippen LogP contribution in [0.1, 0.15) is 43.7 Å². The number of carbonyl (C=O) groups excluding carboxylic acids is 2. The van der Waals surface area contributed by atoms with Gasteiger partial charge in [0.2, 0.25) is 5.91 Å². The molecule has 1 aliphatic rings. The molecule has 0 heterocycles. The lowest BCUT2D eigenvalue weighted by Gasteiger charge is -2.30. The molecule has 3 rings (SSSR count). The molecule has 1 atom stereocenters. The van der Waals surface area contributed by atoms with Crippen LogP contribution < -0.4 is 10.1 Å². The molecule has 0 bridgehead atoms. The molecular weight excluding hydrogens is 435 g/mol. The quantitative estimate of drug-likeness (QED) is 0.589. The van der Waals surface area contributed by atoms with E-state index >= 15 is 0 Å². The van der Waals surface area contributed by atoms with E-state index in [1.54, 1.807) is 25.1 Å². The number of aryl methyl sites for hydroxylation is 1. The summed E-state index contributed by atoms with van der Waals surface area (Å²) in [7, 11) is 0. The molecule has 0 radical (unpaired) electrons. The molecule has 2 aromatic carbocycles. The number of nitrogens with one attached hydrogen (secondary N) is 1. The van der Waals surface area contributed by atoms with Crippen LogP contribution in [0.15, 0.2) is 42.5 Å². The van der Waals surface area contributed by atoms with Gasteiger partial charge in [0.15, 0.2) is 6.61 Å². The molecule has 0 aliphatic heterocycles. The SMILES string of the molecule is Cc1ccccc1OCC(=O)N(Cc1ccc(Cl)c(Cl)c1)[C@H](C)C(=O)NC1CCCC1. The highest BCUT2D eigenvalue weighted by Crippen LogP contribution is 2.24. The van der Waals surface area contributed by atoms with E-state index in [0.717, 1.165) is 36.8 Å². The Labute approximate surface area is 193 Å². The number of benzene rings is 2. The zero-order valence-corrected chi connectivity index (χ0v) is 19.4. The smallest absolute Gasteiger partial charge is 0.261 e. The second-order valence-corrected chi connectivity index (χ2v) is 8.80. The fourth-order valence-electron chi connectivity index (χ4n) is 3.75. The molecule has 0 saturated heterocycles. The second-order valence-electron chi connectivity index (χ2n) is 7.99. The summed E-state index contributed by atoms with van der Waals surface area (Å²) in [5.74, 6) is 0.216. The summed E-state index contributed by atoms with van der Waals surface area (Å²) in [5, 5.41) is 3.93. The molecule has 2 amide bonds. The van der Waals surface area contributed by atoms with Crippen LogP contribution in [0.4, 0.5) is 0 Å². The van der Waals surface area contributed by atoms with Gasteiger partial charge in [-0.1, -0.05) is 60.3 Å². The van der Waals surface area contributed by atoms with E-state index in [1.807, 2.05) is 31.2 Å². The number of nitrogens with zero attached hydrogens (tertiary/aromatic N) is 1. The van der Waals surface area contributed by atoms with Crippen LogP contribution in [0.5, 0.6) is 5.75 Å². The number of carbonyl (C=O) groups is 2. The van der Waals surface area contributed by atoms with Gasteiger partial charge in [-0.15, -0.1) is 0 Å². The summed E-state index contributed by atoms with van der Waals surface area (Å²) in [6.45, 7) is 3.73. The van der Waals surface area contributed by atoms with Crippen molar-refractivity contribution < 1.29 is 14.3 Å². The van der Waals surface area contributed by atoms with Gasteiger partial charge in [-0.3, -0.25) is 9.59 Å². The predicted octanol–water partition coefficient (Wildman–Crippen LogP) is 5.16. The third-order valence-electron chi connectivity index (χ3n) is 5.65. The van der Waals surface area contributed by atoms with Gasteiger partial charge >= 0.3 is 0 Å². The Morgan fingerprint density at radius 3 is 2.52 bits per heavy atom. The van der Waals surface area contributed by atoms with Crippen LogP contribution in [-0.4, -0.2) is 35.4 Å². The molecule has 2 aromatic rings. The molecule has 0 unspecified atom stereocenters. The molecule has 5 nitrogen and oxygen atoms in total. The maximum atomic E-state index is 13.1. The van der Waals surface area contributed by atoms with Crippen LogP contribution in [0.2, 0.25) is 10.0 Å². The lowest BCUT2D eigenvalue weighted by Crippen LogP contribution is -2.50. The Hall–Kier alpha value is -2.24. The molecule has 166 valence electrons. The van der Waals surface area contributed by atoms with Gasteiger partial charge in [-0.2, -0.15) is 0 Å². The highest BCUT2D eigenvalue weighted by Gasteiger charge is 2.29. The van der Waals surface area contributed by atoms with Crippen LogP contribution >= 0.6 is 23.2 Å². The van der Waals surface area contributed by atoms with E-state index in [-0.39, 0.29) is 31.0 Å². The zero-order valence-electron chi connectivity index (χ0n) is 17.9. The van der Waals surface area contributed by atoms with Crippen molar-refractivity contribution in [1.82, 2.24) is 10.2 Å². The molecule has 1 aliphatic carbocycles. The fourth-order valence-corrected chi connectivity index (χ4v) is 4.07. The summed E-state index contributed by atoms with van der Waals surface area (Å²) in [6.07, 6.45) is 4.20. The molecule has 1 saturated carbocycles. The molecule has 31 heavy (non-hydrogen) atoms. The normalized spacial score (nSPS) is 14.8. The molecular formula is C24H28Cl2N2O3. The monoisotopic (exact) mass is 462 g/mol. The first-order valence-corrected chi connectivity index (χ1v) is 11.3. The average molecular weight is 463 g/mol. The minimum absolute atomic E-state index is 0.156. The Balaban J connectivity index is 1.74. The number of para-hydroxylation sites is 1. The lowest BCUT2D eigenvalue weighted by molar-refractivity contribution is -0.142. The van der Waals surface area contributed by atoms with Crippen molar-refractivity contribution in [2.45, 2.75) is 58.2 Å². The minimum Gasteiger partial charge on any atom is -0.484 e. The maximum Gasteiger partial charge on any atom is 0.261 e. The first-order valence-electron chi connectivity index (χ1n) is 10.6. The van der Waals surface area contributed by atoms with Crippen molar-refractivity contribution >= 4 is 35.0 Å². The van der Waals surface area contributed by atoms with Crippen LogP contribution in [0, 0.1) is 6.92 Å². The Kier molecular flexibility index (Phi) is 8.22.